The van der Waals surface area contributed by atoms with Crippen molar-refractivity contribution in [3.63, 3.8) is 0 Å². The molecule has 0 bridgehead atoms. The Morgan fingerprint density at radius 1 is 1.44 bits per heavy atom. The van der Waals surface area contributed by atoms with Gasteiger partial charge in [-0.2, -0.15) is 5.10 Å². The highest BCUT2D eigenvalue weighted by Crippen LogP contribution is 1.98. The van der Waals surface area contributed by atoms with Gasteiger partial charge in [0.1, 0.15) is 0 Å². The average Bonchev–Trinajstić information content (AvgIpc) is 2.78. The van der Waals surface area contributed by atoms with Crippen molar-refractivity contribution in [2.24, 2.45) is 5.92 Å². The second-order valence-corrected chi connectivity index (χ2v) is 4.11. The SMILES string of the molecule is CC(CNC(=O)NCCn1cccn1)CC(=O)O. The van der Waals surface area contributed by atoms with Crippen LogP contribution in [0.5, 0.6) is 0 Å². The third-order valence-corrected chi connectivity index (χ3v) is 2.32. The van der Waals surface area contributed by atoms with Gasteiger partial charge in [-0.25, -0.2) is 4.79 Å². The molecule has 7 nitrogen and oxygen atoms in total. The van der Waals surface area contributed by atoms with E-state index in [0.29, 0.717) is 19.6 Å². The number of hydrogen-bond donors (Lipinski definition) is 3. The molecule has 100 valence electrons. The smallest absolute Gasteiger partial charge is 0.314 e. The Kier molecular flexibility index (Phi) is 5.69. The summed E-state index contributed by atoms with van der Waals surface area (Å²) in [5.74, 6) is -0.942. The highest BCUT2D eigenvalue weighted by molar-refractivity contribution is 5.73. The highest BCUT2D eigenvalue weighted by atomic mass is 16.4. The van der Waals surface area contributed by atoms with Crippen LogP contribution in [-0.2, 0) is 11.3 Å². The van der Waals surface area contributed by atoms with Gasteiger partial charge in [-0.05, 0) is 12.0 Å². The van der Waals surface area contributed by atoms with E-state index in [9.17, 15) is 9.59 Å². The Morgan fingerprint density at radius 2 is 2.22 bits per heavy atom. The van der Waals surface area contributed by atoms with Crippen LogP contribution in [0.3, 0.4) is 0 Å². The first-order valence-electron chi connectivity index (χ1n) is 5.79. The third kappa shape index (κ3) is 5.88. The average molecular weight is 254 g/mol. The molecule has 0 aliphatic carbocycles. The number of carboxylic acid groups (broad SMARTS) is 1. The largest absolute Gasteiger partial charge is 0.481 e. The second-order valence-electron chi connectivity index (χ2n) is 4.11. The fraction of sp³-hybridized carbons (Fsp3) is 0.545. The Bertz CT molecular complexity index is 378. The van der Waals surface area contributed by atoms with Crippen LogP contribution in [0.1, 0.15) is 13.3 Å². The lowest BCUT2D eigenvalue weighted by molar-refractivity contribution is -0.137. The summed E-state index contributed by atoms with van der Waals surface area (Å²) in [6.07, 6.45) is 3.54. The predicted molar refractivity (Wildman–Crippen MR) is 65.0 cm³/mol. The van der Waals surface area contributed by atoms with E-state index >= 15 is 0 Å². The summed E-state index contributed by atoms with van der Waals surface area (Å²) in [7, 11) is 0. The quantitative estimate of drug-likeness (QED) is 0.651. The summed E-state index contributed by atoms with van der Waals surface area (Å²) in [5.41, 5.74) is 0. The minimum atomic E-state index is -0.858. The van der Waals surface area contributed by atoms with Gasteiger partial charge in [0.15, 0.2) is 0 Å². The van der Waals surface area contributed by atoms with Gasteiger partial charge in [-0.15, -0.1) is 0 Å². The van der Waals surface area contributed by atoms with Crippen molar-refractivity contribution in [2.45, 2.75) is 19.9 Å². The van der Waals surface area contributed by atoms with Gasteiger partial charge in [-0.1, -0.05) is 6.92 Å². The molecular weight excluding hydrogens is 236 g/mol. The molecule has 0 aliphatic rings. The molecule has 1 atom stereocenters. The molecule has 0 aromatic carbocycles. The molecule has 0 radical (unpaired) electrons. The lowest BCUT2D eigenvalue weighted by atomic mass is 10.1. The van der Waals surface area contributed by atoms with Gasteiger partial charge in [0, 0.05) is 31.9 Å². The standard InChI is InChI=1S/C11H18N4O3/c1-9(7-10(16)17)8-13-11(18)12-4-6-15-5-2-3-14-15/h2-3,5,9H,4,6-8H2,1H3,(H,16,17)(H2,12,13,18). The fourth-order valence-electron chi connectivity index (χ4n) is 1.42. The van der Waals surface area contributed by atoms with Crippen LogP contribution in [0, 0.1) is 5.92 Å². The predicted octanol–water partition coefficient (Wildman–Crippen LogP) is 0.293. The Morgan fingerprint density at radius 3 is 2.83 bits per heavy atom. The zero-order valence-electron chi connectivity index (χ0n) is 10.3. The zero-order valence-corrected chi connectivity index (χ0v) is 10.3. The molecule has 1 heterocycles. The van der Waals surface area contributed by atoms with Gasteiger partial charge in [0.25, 0.3) is 0 Å². The number of aliphatic carboxylic acids is 1. The van der Waals surface area contributed by atoms with Crippen LogP contribution >= 0.6 is 0 Å². The highest BCUT2D eigenvalue weighted by Gasteiger charge is 2.08. The number of rotatable bonds is 7. The minimum Gasteiger partial charge on any atom is -0.481 e. The molecule has 0 aliphatic heterocycles. The monoisotopic (exact) mass is 254 g/mol. The summed E-state index contributed by atoms with van der Waals surface area (Å²) in [4.78, 5) is 21.8. The van der Waals surface area contributed by atoms with Gasteiger partial charge < -0.3 is 15.7 Å². The van der Waals surface area contributed by atoms with E-state index in [1.807, 2.05) is 12.3 Å². The Labute approximate surface area is 105 Å². The molecule has 0 spiro atoms. The molecule has 2 amide bonds. The number of urea groups is 1. The van der Waals surface area contributed by atoms with Crippen LogP contribution in [0.2, 0.25) is 0 Å². The minimum absolute atomic E-state index is 0.0492. The van der Waals surface area contributed by atoms with E-state index in [-0.39, 0.29) is 18.4 Å². The van der Waals surface area contributed by atoms with E-state index < -0.39 is 5.97 Å². The van der Waals surface area contributed by atoms with Crippen molar-refractivity contribution in [1.29, 1.82) is 0 Å². The number of hydrogen-bond acceptors (Lipinski definition) is 3. The summed E-state index contributed by atoms with van der Waals surface area (Å²) in [6, 6.07) is 1.52. The van der Waals surface area contributed by atoms with Crippen LogP contribution in [0.15, 0.2) is 18.5 Å². The van der Waals surface area contributed by atoms with Crippen LogP contribution in [0.4, 0.5) is 4.79 Å². The van der Waals surface area contributed by atoms with E-state index in [4.69, 9.17) is 5.11 Å². The number of nitrogens with one attached hydrogen (secondary N) is 2. The number of nitrogens with zero attached hydrogens (tertiary/aromatic N) is 2. The van der Waals surface area contributed by atoms with Crippen LogP contribution < -0.4 is 10.6 Å². The summed E-state index contributed by atoms with van der Waals surface area (Å²) < 4.78 is 1.72. The molecule has 0 fully saturated rings. The summed E-state index contributed by atoms with van der Waals surface area (Å²) in [5, 5.41) is 17.9. The Balaban J connectivity index is 2.08. The molecule has 1 aromatic heterocycles. The molecule has 1 aromatic rings. The lowest BCUT2D eigenvalue weighted by Gasteiger charge is -2.11. The second kappa shape index (κ2) is 7.31. The fourth-order valence-corrected chi connectivity index (χ4v) is 1.42. The lowest BCUT2D eigenvalue weighted by Crippen LogP contribution is -2.39. The third-order valence-electron chi connectivity index (χ3n) is 2.32. The molecule has 0 saturated carbocycles. The van der Waals surface area contributed by atoms with E-state index in [1.54, 1.807) is 17.8 Å². The zero-order chi connectivity index (χ0) is 13.4. The maximum atomic E-state index is 11.4. The first-order chi connectivity index (χ1) is 8.58. The molecule has 7 heteroatoms. The van der Waals surface area contributed by atoms with Crippen molar-refractivity contribution in [3.05, 3.63) is 18.5 Å². The van der Waals surface area contributed by atoms with Gasteiger partial charge in [-0.3, -0.25) is 9.48 Å². The number of carboxylic acids is 1. The normalized spacial score (nSPS) is 11.8. The number of amides is 2. The summed E-state index contributed by atoms with van der Waals surface area (Å²) >= 11 is 0. The first-order valence-corrected chi connectivity index (χ1v) is 5.79. The van der Waals surface area contributed by atoms with E-state index in [0.717, 1.165) is 0 Å². The maximum absolute atomic E-state index is 11.4. The van der Waals surface area contributed by atoms with Crippen molar-refractivity contribution < 1.29 is 14.7 Å². The molecule has 18 heavy (non-hydrogen) atoms. The van der Waals surface area contributed by atoms with Gasteiger partial charge >= 0.3 is 12.0 Å². The Hall–Kier alpha value is -2.05. The molecule has 0 saturated heterocycles. The van der Waals surface area contributed by atoms with Gasteiger partial charge in [0.2, 0.25) is 0 Å². The van der Waals surface area contributed by atoms with Crippen molar-refractivity contribution in [3.8, 4) is 0 Å². The molecule has 1 rings (SSSR count). The summed E-state index contributed by atoms with van der Waals surface area (Å²) in [6.45, 7) is 3.20. The van der Waals surface area contributed by atoms with Crippen LogP contribution in [0.25, 0.3) is 0 Å². The molecule has 1 unspecified atom stereocenters. The number of aromatic nitrogens is 2. The first kappa shape index (κ1) is 14.0. The van der Waals surface area contributed by atoms with Crippen LogP contribution in [-0.4, -0.2) is 40.0 Å². The van der Waals surface area contributed by atoms with Crippen molar-refractivity contribution >= 4 is 12.0 Å². The van der Waals surface area contributed by atoms with E-state index in [1.165, 1.54) is 0 Å². The number of carbonyl (C=O) groups is 2. The van der Waals surface area contributed by atoms with Gasteiger partial charge in [0.05, 0.1) is 6.54 Å². The van der Waals surface area contributed by atoms with Crippen molar-refractivity contribution in [1.82, 2.24) is 20.4 Å². The molecule has 3 N–H and O–H groups in total. The van der Waals surface area contributed by atoms with E-state index in [2.05, 4.69) is 15.7 Å². The maximum Gasteiger partial charge on any atom is 0.314 e. The number of carbonyl (C=O) groups excluding carboxylic acids is 1. The molecular formula is C11H18N4O3. The topological polar surface area (TPSA) is 96.3 Å². The van der Waals surface area contributed by atoms with Crippen molar-refractivity contribution in [2.75, 3.05) is 13.1 Å².